The van der Waals surface area contributed by atoms with Crippen molar-refractivity contribution in [1.29, 1.82) is 0 Å². The van der Waals surface area contributed by atoms with Crippen LogP contribution in [0.3, 0.4) is 0 Å². The summed E-state index contributed by atoms with van der Waals surface area (Å²) in [4.78, 5) is 14.5. The zero-order valence-electron chi connectivity index (χ0n) is 13.0. The highest BCUT2D eigenvalue weighted by Crippen LogP contribution is 2.29. The molecule has 3 rings (SSSR count). The van der Waals surface area contributed by atoms with Crippen molar-refractivity contribution in [3.63, 3.8) is 0 Å². The molecule has 2 atom stereocenters. The van der Waals surface area contributed by atoms with Crippen molar-refractivity contribution in [1.82, 2.24) is 4.90 Å². The second kappa shape index (κ2) is 6.54. The molecule has 1 aromatic heterocycles. The van der Waals surface area contributed by atoms with E-state index in [1.807, 2.05) is 0 Å². The Morgan fingerprint density at radius 1 is 1.48 bits per heavy atom. The second-order valence-corrected chi connectivity index (χ2v) is 6.02. The van der Waals surface area contributed by atoms with Gasteiger partial charge in [-0.2, -0.15) is 0 Å². The van der Waals surface area contributed by atoms with Gasteiger partial charge in [0.2, 0.25) is 0 Å². The molecular formula is C18H20FNO3. The summed E-state index contributed by atoms with van der Waals surface area (Å²) in [7, 11) is 0. The molecule has 1 aliphatic rings. The number of nitrogens with zero attached hydrogens (tertiary/aromatic N) is 1. The van der Waals surface area contributed by atoms with Crippen molar-refractivity contribution >= 4 is 5.91 Å². The van der Waals surface area contributed by atoms with E-state index in [1.54, 1.807) is 24.0 Å². The van der Waals surface area contributed by atoms with Gasteiger partial charge in [-0.05, 0) is 55.7 Å². The Kier molecular flexibility index (Phi) is 4.48. The zero-order valence-corrected chi connectivity index (χ0v) is 13.0. The van der Waals surface area contributed by atoms with Gasteiger partial charge in [-0.1, -0.05) is 0 Å². The molecule has 2 heterocycles. The van der Waals surface area contributed by atoms with Crippen molar-refractivity contribution in [2.45, 2.75) is 38.3 Å². The van der Waals surface area contributed by atoms with E-state index in [1.165, 1.54) is 24.5 Å². The van der Waals surface area contributed by atoms with Crippen LogP contribution in [0.15, 0.2) is 41.0 Å². The average molecular weight is 317 g/mol. The molecule has 2 aromatic rings. The maximum absolute atomic E-state index is 13.2. The maximum Gasteiger partial charge on any atom is 0.254 e. The maximum atomic E-state index is 13.2. The molecule has 2 unspecified atom stereocenters. The zero-order chi connectivity index (χ0) is 16.4. The van der Waals surface area contributed by atoms with E-state index < -0.39 is 6.10 Å². The van der Waals surface area contributed by atoms with Crippen molar-refractivity contribution < 1.29 is 18.7 Å². The lowest BCUT2D eigenvalue weighted by Crippen LogP contribution is -2.36. The lowest BCUT2D eigenvalue weighted by molar-refractivity contribution is 0.0640. The average Bonchev–Trinajstić information content (AvgIpc) is 3.18. The smallest absolute Gasteiger partial charge is 0.254 e. The van der Waals surface area contributed by atoms with E-state index in [4.69, 9.17) is 4.42 Å². The number of likely N-dealkylation sites (tertiary alicyclic amines) is 1. The summed E-state index contributed by atoms with van der Waals surface area (Å²) in [6, 6.07) is 7.64. The molecule has 1 amide bonds. The third-order valence-electron chi connectivity index (χ3n) is 4.42. The molecule has 0 radical (unpaired) electrons. The number of carbonyl (C=O) groups is 1. The van der Waals surface area contributed by atoms with Crippen molar-refractivity contribution in [2.24, 2.45) is 0 Å². The summed E-state index contributed by atoms with van der Waals surface area (Å²) in [6.45, 7) is 2.39. The molecule has 0 spiro atoms. The fourth-order valence-corrected chi connectivity index (χ4v) is 3.22. The number of halogens is 1. The monoisotopic (exact) mass is 317 g/mol. The summed E-state index contributed by atoms with van der Waals surface area (Å²) >= 11 is 0. The predicted molar refractivity (Wildman–Crippen MR) is 83.5 cm³/mol. The highest BCUT2D eigenvalue weighted by atomic mass is 19.1. The van der Waals surface area contributed by atoms with Crippen LogP contribution in [0.25, 0.3) is 0 Å². The number of furan rings is 1. The Morgan fingerprint density at radius 2 is 2.30 bits per heavy atom. The van der Waals surface area contributed by atoms with Crippen LogP contribution in [0.4, 0.5) is 4.39 Å². The first kappa shape index (κ1) is 15.7. The summed E-state index contributed by atoms with van der Waals surface area (Å²) in [5, 5.41) is 10.2. The van der Waals surface area contributed by atoms with E-state index in [9.17, 15) is 14.3 Å². The largest absolute Gasteiger partial charge is 0.467 e. The van der Waals surface area contributed by atoms with Crippen LogP contribution in [-0.4, -0.2) is 28.5 Å². The number of carbonyl (C=O) groups excluding carboxylic acids is 1. The van der Waals surface area contributed by atoms with E-state index in [-0.39, 0.29) is 17.8 Å². The second-order valence-electron chi connectivity index (χ2n) is 6.02. The molecule has 23 heavy (non-hydrogen) atoms. The van der Waals surface area contributed by atoms with Gasteiger partial charge < -0.3 is 14.4 Å². The van der Waals surface area contributed by atoms with E-state index in [0.29, 0.717) is 29.9 Å². The van der Waals surface area contributed by atoms with Gasteiger partial charge in [0.05, 0.1) is 6.26 Å². The molecule has 1 saturated heterocycles. The molecule has 0 aliphatic carbocycles. The van der Waals surface area contributed by atoms with Crippen LogP contribution >= 0.6 is 0 Å². The number of aryl methyl sites for hydroxylation is 1. The molecule has 122 valence electrons. The van der Waals surface area contributed by atoms with Gasteiger partial charge in [0.15, 0.2) is 0 Å². The van der Waals surface area contributed by atoms with Gasteiger partial charge in [-0.15, -0.1) is 0 Å². The van der Waals surface area contributed by atoms with Crippen LogP contribution in [-0.2, 0) is 0 Å². The SMILES string of the molecule is Cc1cc(F)ccc1C(=O)N1CCCC1CC(O)c1ccco1. The van der Waals surface area contributed by atoms with Crippen LogP contribution in [0.5, 0.6) is 0 Å². The van der Waals surface area contributed by atoms with Gasteiger partial charge >= 0.3 is 0 Å². The Morgan fingerprint density at radius 3 is 3.00 bits per heavy atom. The van der Waals surface area contributed by atoms with Gasteiger partial charge in [0.25, 0.3) is 5.91 Å². The summed E-state index contributed by atoms with van der Waals surface area (Å²) in [5.74, 6) is 0.0733. The summed E-state index contributed by atoms with van der Waals surface area (Å²) in [6.07, 6.45) is 3.00. The lowest BCUT2D eigenvalue weighted by atomic mass is 10.0. The number of aliphatic hydroxyl groups is 1. The molecule has 1 N–H and O–H groups in total. The Labute approximate surface area is 134 Å². The molecular weight excluding hydrogens is 297 g/mol. The number of aliphatic hydroxyl groups excluding tert-OH is 1. The molecule has 0 saturated carbocycles. The number of hydrogen-bond acceptors (Lipinski definition) is 3. The highest BCUT2D eigenvalue weighted by molar-refractivity contribution is 5.96. The van der Waals surface area contributed by atoms with Crippen molar-refractivity contribution in [2.75, 3.05) is 6.54 Å². The third-order valence-corrected chi connectivity index (χ3v) is 4.42. The topological polar surface area (TPSA) is 53.7 Å². The van der Waals surface area contributed by atoms with E-state index in [0.717, 1.165) is 12.8 Å². The Bertz CT molecular complexity index is 684. The first-order valence-electron chi connectivity index (χ1n) is 7.85. The highest BCUT2D eigenvalue weighted by Gasteiger charge is 2.32. The van der Waals surface area contributed by atoms with Gasteiger partial charge in [-0.3, -0.25) is 4.79 Å². The van der Waals surface area contributed by atoms with Gasteiger partial charge in [-0.25, -0.2) is 4.39 Å². The lowest BCUT2D eigenvalue weighted by Gasteiger charge is -2.26. The van der Waals surface area contributed by atoms with Crippen LogP contribution in [0, 0.1) is 12.7 Å². The molecule has 5 heteroatoms. The normalized spacial score (nSPS) is 19.1. The first-order chi connectivity index (χ1) is 11.1. The van der Waals surface area contributed by atoms with Gasteiger partial charge in [0.1, 0.15) is 17.7 Å². The van der Waals surface area contributed by atoms with E-state index in [2.05, 4.69) is 0 Å². The fraction of sp³-hybridized carbons (Fsp3) is 0.389. The number of amides is 1. The first-order valence-corrected chi connectivity index (χ1v) is 7.85. The van der Waals surface area contributed by atoms with Gasteiger partial charge in [0, 0.05) is 24.6 Å². The molecule has 1 aromatic carbocycles. The minimum Gasteiger partial charge on any atom is -0.467 e. The minimum atomic E-state index is -0.724. The number of hydrogen-bond donors (Lipinski definition) is 1. The standard InChI is InChI=1S/C18H20FNO3/c1-12-10-13(19)6-7-15(12)18(22)20-8-2-4-14(20)11-16(21)17-5-3-9-23-17/h3,5-7,9-10,14,16,21H,2,4,8,11H2,1H3. The van der Waals surface area contributed by atoms with Crippen molar-refractivity contribution in [3.8, 4) is 0 Å². The van der Waals surface area contributed by atoms with Crippen LogP contribution in [0.2, 0.25) is 0 Å². The predicted octanol–water partition coefficient (Wildman–Crippen LogP) is 3.46. The summed E-state index contributed by atoms with van der Waals surface area (Å²) in [5.41, 5.74) is 1.15. The fourth-order valence-electron chi connectivity index (χ4n) is 3.22. The molecule has 1 aliphatic heterocycles. The quantitative estimate of drug-likeness (QED) is 0.939. The van der Waals surface area contributed by atoms with Crippen LogP contribution < -0.4 is 0 Å². The Balaban J connectivity index is 1.74. The minimum absolute atomic E-state index is 0.0351. The summed E-state index contributed by atoms with van der Waals surface area (Å²) < 4.78 is 18.4. The van der Waals surface area contributed by atoms with E-state index >= 15 is 0 Å². The third kappa shape index (κ3) is 3.29. The number of benzene rings is 1. The van der Waals surface area contributed by atoms with Crippen molar-refractivity contribution in [3.05, 3.63) is 59.3 Å². The number of rotatable bonds is 4. The van der Waals surface area contributed by atoms with Crippen LogP contribution in [0.1, 0.15) is 47.0 Å². The molecule has 1 fully saturated rings. The Hall–Kier alpha value is -2.14. The molecule has 0 bridgehead atoms. The molecule has 4 nitrogen and oxygen atoms in total.